The van der Waals surface area contributed by atoms with Gasteiger partial charge in [0.1, 0.15) is 6.04 Å². The van der Waals surface area contributed by atoms with Crippen molar-refractivity contribution in [3.63, 3.8) is 0 Å². The maximum atomic E-state index is 9.79. The van der Waals surface area contributed by atoms with Crippen molar-refractivity contribution >= 4 is 0 Å². The maximum absolute atomic E-state index is 9.79. The zero-order valence-electron chi connectivity index (χ0n) is 9.41. The van der Waals surface area contributed by atoms with Crippen LogP contribution in [0.4, 0.5) is 0 Å². The van der Waals surface area contributed by atoms with Crippen molar-refractivity contribution < 1.29 is 15.3 Å². The van der Waals surface area contributed by atoms with Crippen LogP contribution in [0.15, 0.2) is 47.6 Å². The SMILES string of the molecule is N=NC(c1ccccc1)c1ccc(O)c(O)c1O. The molecule has 0 saturated carbocycles. The Balaban J connectivity index is 2.53. The van der Waals surface area contributed by atoms with Crippen LogP contribution in [0.2, 0.25) is 0 Å². The Morgan fingerprint density at radius 1 is 0.889 bits per heavy atom. The highest BCUT2D eigenvalue weighted by atomic mass is 16.3. The molecule has 0 bridgehead atoms. The summed E-state index contributed by atoms with van der Waals surface area (Å²) >= 11 is 0. The lowest BCUT2D eigenvalue weighted by molar-refractivity contribution is 0.363. The van der Waals surface area contributed by atoms with Crippen molar-refractivity contribution in [1.82, 2.24) is 0 Å². The summed E-state index contributed by atoms with van der Waals surface area (Å²) in [6, 6.07) is 10.9. The minimum Gasteiger partial charge on any atom is -0.504 e. The number of nitrogens with one attached hydrogen (secondary N) is 1. The van der Waals surface area contributed by atoms with Crippen LogP contribution in [0.1, 0.15) is 17.2 Å². The van der Waals surface area contributed by atoms with Gasteiger partial charge in [-0.25, -0.2) is 5.53 Å². The van der Waals surface area contributed by atoms with Crippen LogP contribution in [0, 0.1) is 5.53 Å². The van der Waals surface area contributed by atoms with Crippen LogP contribution in [0.25, 0.3) is 0 Å². The van der Waals surface area contributed by atoms with Crippen molar-refractivity contribution in [3.05, 3.63) is 53.6 Å². The van der Waals surface area contributed by atoms with Crippen LogP contribution < -0.4 is 0 Å². The number of benzene rings is 2. The summed E-state index contributed by atoms with van der Waals surface area (Å²) in [5.74, 6) is -1.47. The molecule has 5 nitrogen and oxygen atoms in total. The van der Waals surface area contributed by atoms with Gasteiger partial charge in [-0.15, -0.1) is 0 Å². The van der Waals surface area contributed by atoms with E-state index in [0.29, 0.717) is 5.56 Å². The Kier molecular flexibility index (Phi) is 3.14. The molecule has 0 aliphatic carbocycles. The molecule has 0 amide bonds. The van der Waals surface area contributed by atoms with Gasteiger partial charge in [-0.05, 0) is 17.7 Å². The van der Waals surface area contributed by atoms with Gasteiger partial charge in [0.2, 0.25) is 5.75 Å². The minimum absolute atomic E-state index is 0.270. The number of hydrogen-bond acceptors (Lipinski definition) is 5. The molecule has 0 spiro atoms. The predicted molar refractivity (Wildman–Crippen MR) is 64.9 cm³/mol. The quantitative estimate of drug-likeness (QED) is 0.493. The highest BCUT2D eigenvalue weighted by molar-refractivity contribution is 5.55. The predicted octanol–water partition coefficient (Wildman–Crippen LogP) is 2.92. The highest BCUT2D eigenvalue weighted by Gasteiger charge is 2.20. The van der Waals surface area contributed by atoms with Gasteiger partial charge in [0.25, 0.3) is 0 Å². The zero-order chi connectivity index (χ0) is 13.1. The molecular formula is C13H12N2O3. The molecule has 2 aromatic carbocycles. The van der Waals surface area contributed by atoms with Gasteiger partial charge in [-0.1, -0.05) is 30.3 Å². The van der Waals surface area contributed by atoms with E-state index in [-0.39, 0.29) is 5.56 Å². The van der Waals surface area contributed by atoms with Gasteiger partial charge in [0.05, 0.1) is 0 Å². The second kappa shape index (κ2) is 4.75. The average Bonchev–Trinajstić information content (AvgIpc) is 2.41. The zero-order valence-corrected chi connectivity index (χ0v) is 9.41. The number of rotatable bonds is 3. The summed E-state index contributed by atoms with van der Waals surface area (Å²) in [4.78, 5) is 0. The summed E-state index contributed by atoms with van der Waals surface area (Å²) in [7, 11) is 0. The van der Waals surface area contributed by atoms with Gasteiger partial charge >= 0.3 is 0 Å². The van der Waals surface area contributed by atoms with E-state index in [4.69, 9.17) is 5.53 Å². The van der Waals surface area contributed by atoms with E-state index in [0.717, 1.165) is 0 Å². The van der Waals surface area contributed by atoms with Crippen LogP contribution in [-0.2, 0) is 0 Å². The minimum atomic E-state index is -0.710. The van der Waals surface area contributed by atoms with Crippen molar-refractivity contribution in [2.24, 2.45) is 5.11 Å². The first-order chi connectivity index (χ1) is 8.65. The van der Waals surface area contributed by atoms with Crippen LogP contribution in [-0.4, -0.2) is 15.3 Å². The van der Waals surface area contributed by atoms with Crippen molar-refractivity contribution in [2.45, 2.75) is 6.04 Å². The fraction of sp³-hybridized carbons (Fsp3) is 0.0769. The first kappa shape index (κ1) is 11.9. The highest BCUT2D eigenvalue weighted by Crippen LogP contribution is 2.42. The Bertz CT molecular complexity index is 570. The summed E-state index contributed by atoms with van der Waals surface area (Å²) in [6.07, 6.45) is 0. The summed E-state index contributed by atoms with van der Waals surface area (Å²) < 4.78 is 0. The van der Waals surface area contributed by atoms with Crippen LogP contribution in [0.5, 0.6) is 17.2 Å². The molecule has 0 aromatic heterocycles. The van der Waals surface area contributed by atoms with E-state index in [1.807, 2.05) is 6.07 Å². The Morgan fingerprint density at radius 2 is 1.56 bits per heavy atom. The van der Waals surface area contributed by atoms with Crippen molar-refractivity contribution in [1.29, 1.82) is 5.53 Å². The fourth-order valence-corrected chi connectivity index (χ4v) is 1.76. The Labute approximate surface area is 103 Å². The first-order valence-electron chi connectivity index (χ1n) is 5.30. The van der Waals surface area contributed by atoms with Gasteiger partial charge in [0.15, 0.2) is 11.5 Å². The second-order valence-corrected chi connectivity index (χ2v) is 3.81. The Morgan fingerprint density at radius 3 is 2.17 bits per heavy atom. The molecule has 0 fully saturated rings. The second-order valence-electron chi connectivity index (χ2n) is 3.81. The van der Waals surface area contributed by atoms with Gasteiger partial charge in [-0.2, -0.15) is 5.11 Å². The molecule has 1 unspecified atom stereocenters. The third kappa shape index (κ3) is 1.98. The molecule has 2 aromatic rings. The molecule has 0 heterocycles. The molecule has 18 heavy (non-hydrogen) atoms. The molecule has 4 N–H and O–H groups in total. The normalized spacial score (nSPS) is 12.0. The summed E-state index contributed by atoms with van der Waals surface area (Å²) in [5, 5.41) is 32.0. The van der Waals surface area contributed by atoms with Gasteiger partial charge in [-0.3, -0.25) is 0 Å². The molecular weight excluding hydrogens is 232 g/mol. The summed E-state index contributed by atoms with van der Waals surface area (Å²) in [5.41, 5.74) is 8.21. The van der Waals surface area contributed by atoms with E-state index < -0.39 is 23.3 Å². The molecule has 92 valence electrons. The lowest BCUT2D eigenvalue weighted by Gasteiger charge is -2.14. The number of aromatic hydroxyl groups is 3. The molecule has 0 aliphatic heterocycles. The standard InChI is InChI=1S/C13H12N2O3/c14-15-11(8-4-2-1-3-5-8)9-6-7-10(16)13(18)12(9)17/h1-7,11,14,16-18H. The van der Waals surface area contributed by atoms with Crippen molar-refractivity contribution in [3.8, 4) is 17.2 Å². The Hall–Kier alpha value is -2.56. The van der Waals surface area contributed by atoms with Crippen molar-refractivity contribution in [2.75, 3.05) is 0 Å². The van der Waals surface area contributed by atoms with Gasteiger partial charge < -0.3 is 15.3 Å². The van der Waals surface area contributed by atoms with E-state index in [1.54, 1.807) is 24.3 Å². The third-order valence-electron chi connectivity index (χ3n) is 2.70. The maximum Gasteiger partial charge on any atom is 0.200 e. The van der Waals surface area contributed by atoms with Crippen LogP contribution >= 0.6 is 0 Å². The molecule has 0 aliphatic rings. The first-order valence-corrected chi connectivity index (χ1v) is 5.30. The third-order valence-corrected chi connectivity index (χ3v) is 2.70. The smallest absolute Gasteiger partial charge is 0.200 e. The van der Waals surface area contributed by atoms with E-state index >= 15 is 0 Å². The lowest BCUT2D eigenvalue weighted by Crippen LogP contribution is -1.97. The van der Waals surface area contributed by atoms with E-state index in [9.17, 15) is 15.3 Å². The van der Waals surface area contributed by atoms with E-state index in [2.05, 4.69) is 5.11 Å². The molecule has 0 saturated heterocycles. The molecule has 5 heteroatoms. The largest absolute Gasteiger partial charge is 0.504 e. The summed E-state index contributed by atoms with van der Waals surface area (Å²) in [6.45, 7) is 0. The number of phenolic OH excluding ortho intramolecular Hbond substituents is 3. The molecule has 0 radical (unpaired) electrons. The topological polar surface area (TPSA) is 96.9 Å². The monoisotopic (exact) mass is 244 g/mol. The number of nitrogens with zero attached hydrogens (tertiary/aromatic N) is 1. The van der Waals surface area contributed by atoms with E-state index in [1.165, 1.54) is 12.1 Å². The molecule has 1 atom stereocenters. The molecule has 2 rings (SSSR count). The van der Waals surface area contributed by atoms with Crippen LogP contribution in [0.3, 0.4) is 0 Å². The van der Waals surface area contributed by atoms with Gasteiger partial charge in [0, 0.05) is 5.56 Å². The fourth-order valence-electron chi connectivity index (χ4n) is 1.76. The lowest BCUT2D eigenvalue weighted by atomic mass is 9.98. The number of hydrogen-bond donors (Lipinski definition) is 4. The average molecular weight is 244 g/mol. The number of phenols is 3.